The van der Waals surface area contributed by atoms with Crippen LogP contribution in [0.1, 0.15) is 15.2 Å². The van der Waals surface area contributed by atoms with Crippen LogP contribution >= 0.6 is 11.3 Å². The lowest BCUT2D eigenvalue weighted by Crippen LogP contribution is -2.47. The molecule has 0 spiro atoms. The highest BCUT2D eigenvalue weighted by Gasteiger charge is 2.10. The first-order valence-electron chi connectivity index (χ1n) is 9.39. The molecule has 0 bridgehead atoms. The van der Waals surface area contributed by atoms with Gasteiger partial charge < -0.3 is 14.8 Å². The van der Waals surface area contributed by atoms with Crippen LogP contribution in [0.3, 0.4) is 0 Å². The smallest absolute Gasteiger partial charge is 0.276 e. The quantitative estimate of drug-likeness (QED) is 0.444. The highest BCUT2D eigenvalue weighted by atomic mass is 32.1. The Morgan fingerprint density at radius 3 is 2.13 bits per heavy atom. The number of amides is 3. The molecule has 0 fully saturated rings. The van der Waals surface area contributed by atoms with Crippen LogP contribution in [0.25, 0.3) is 0 Å². The minimum Gasteiger partial charge on any atom is -0.489 e. The van der Waals surface area contributed by atoms with Crippen molar-refractivity contribution in [1.29, 1.82) is 0 Å². The molecule has 0 radical (unpaired) electrons. The van der Waals surface area contributed by atoms with Crippen molar-refractivity contribution < 1.29 is 23.9 Å². The monoisotopic (exact) mass is 439 g/mol. The third kappa shape index (κ3) is 7.48. The fraction of sp³-hybridized carbons (Fsp3) is 0.136. The molecular weight excluding hydrogens is 418 g/mol. The van der Waals surface area contributed by atoms with Gasteiger partial charge in [-0.25, -0.2) is 0 Å². The summed E-state index contributed by atoms with van der Waals surface area (Å²) in [5.41, 5.74) is 5.50. The molecule has 3 N–H and O–H groups in total. The van der Waals surface area contributed by atoms with Gasteiger partial charge in [-0.1, -0.05) is 36.4 Å². The molecule has 0 saturated carbocycles. The highest BCUT2D eigenvalue weighted by Crippen LogP contribution is 2.18. The minimum absolute atomic E-state index is 0.262. The number of hydrogen-bond donors (Lipinski definition) is 3. The van der Waals surface area contributed by atoms with Gasteiger partial charge >= 0.3 is 0 Å². The molecule has 0 unspecified atom stereocenters. The number of hydrogen-bond acceptors (Lipinski definition) is 6. The number of nitrogens with one attached hydrogen (secondary N) is 3. The van der Waals surface area contributed by atoms with E-state index in [9.17, 15) is 14.4 Å². The van der Waals surface area contributed by atoms with Crippen LogP contribution in [0.4, 0.5) is 0 Å². The minimum atomic E-state index is -0.557. The van der Waals surface area contributed by atoms with Crippen molar-refractivity contribution in [3.05, 3.63) is 82.6 Å². The zero-order chi connectivity index (χ0) is 21.9. The van der Waals surface area contributed by atoms with Gasteiger partial charge in [0.2, 0.25) is 0 Å². The molecule has 2 aromatic carbocycles. The summed E-state index contributed by atoms with van der Waals surface area (Å²) in [6.45, 7) is -0.0920. The first kappa shape index (κ1) is 21.8. The van der Waals surface area contributed by atoms with Gasteiger partial charge in [-0.2, -0.15) is 0 Å². The van der Waals surface area contributed by atoms with Crippen molar-refractivity contribution in [3.8, 4) is 11.5 Å². The molecule has 3 aromatic rings. The van der Waals surface area contributed by atoms with Crippen LogP contribution in [0.2, 0.25) is 0 Å². The number of thiophene rings is 1. The molecule has 0 atom stereocenters. The van der Waals surface area contributed by atoms with E-state index in [0.717, 1.165) is 5.56 Å². The maximum atomic E-state index is 11.8. The van der Waals surface area contributed by atoms with Crippen LogP contribution in [-0.2, 0) is 16.2 Å². The van der Waals surface area contributed by atoms with Crippen LogP contribution in [0, 0.1) is 0 Å². The number of ether oxygens (including phenoxy) is 2. The van der Waals surface area contributed by atoms with Crippen molar-refractivity contribution >= 4 is 29.1 Å². The average Bonchev–Trinajstić information content (AvgIpc) is 3.35. The summed E-state index contributed by atoms with van der Waals surface area (Å²) in [4.78, 5) is 35.8. The van der Waals surface area contributed by atoms with Crippen LogP contribution < -0.4 is 25.6 Å². The van der Waals surface area contributed by atoms with Crippen LogP contribution in [-0.4, -0.2) is 30.9 Å². The summed E-state index contributed by atoms with van der Waals surface area (Å²) in [6, 6.07) is 20.1. The Morgan fingerprint density at radius 2 is 1.45 bits per heavy atom. The molecular formula is C22H21N3O5S. The third-order valence-corrected chi connectivity index (χ3v) is 4.81. The molecule has 3 amide bonds. The summed E-state index contributed by atoms with van der Waals surface area (Å²) in [5, 5.41) is 4.22. The molecule has 1 heterocycles. The lowest BCUT2D eigenvalue weighted by atomic mass is 10.2. The second-order valence-corrected chi connectivity index (χ2v) is 7.24. The Balaban J connectivity index is 1.31. The van der Waals surface area contributed by atoms with E-state index in [1.54, 1.807) is 41.8 Å². The van der Waals surface area contributed by atoms with Gasteiger partial charge in [0.05, 0.1) is 11.4 Å². The zero-order valence-electron chi connectivity index (χ0n) is 16.5. The molecule has 8 nitrogen and oxygen atoms in total. The molecule has 160 valence electrons. The predicted molar refractivity (Wildman–Crippen MR) is 116 cm³/mol. The van der Waals surface area contributed by atoms with Crippen molar-refractivity contribution in [1.82, 2.24) is 16.2 Å². The fourth-order valence-corrected chi connectivity index (χ4v) is 3.04. The number of hydrazine groups is 1. The van der Waals surface area contributed by atoms with Crippen molar-refractivity contribution in [2.75, 3.05) is 13.2 Å². The molecule has 9 heteroatoms. The van der Waals surface area contributed by atoms with Crippen molar-refractivity contribution in [2.45, 2.75) is 6.61 Å². The number of benzene rings is 2. The van der Waals surface area contributed by atoms with E-state index in [4.69, 9.17) is 9.47 Å². The predicted octanol–water partition coefficient (Wildman–Crippen LogP) is 2.28. The van der Waals surface area contributed by atoms with Crippen molar-refractivity contribution in [3.63, 3.8) is 0 Å². The van der Waals surface area contributed by atoms with Crippen molar-refractivity contribution in [2.24, 2.45) is 0 Å². The summed E-state index contributed by atoms with van der Waals surface area (Å²) in [5.74, 6) is -0.286. The van der Waals surface area contributed by atoms with E-state index in [1.165, 1.54) is 11.3 Å². The van der Waals surface area contributed by atoms with Gasteiger partial charge in [-0.05, 0) is 41.3 Å². The Kier molecular flexibility index (Phi) is 8.01. The average molecular weight is 439 g/mol. The Morgan fingerprint density at radius 1 is 0.774 bits per heavy atom. The summed E-state index contributed by atoms with van der Waals surface area (Å²) < 4.78 is 11.1. The molecule has 1 aromatic heterocycles. The molecule has 0 aliphatic heterocycles. The number of rotatable bonds is 9. The van der Waals surface area contributed by atoms with Gasteiger partial charge in [0, 0.05) is 0 Å². The molecule has 31 heavy (non-hydrogen) atoms. The lowest BCUT2D eigenvalue weighted by Gasteiger charge is -2.10. The summed E-state index contributed by atoms with van der Waals surface area (Å²) in [6.07, 6.45) is 0. The van der Waals surface area contributed by atoms with Gasteiger partial charge in [0.1, 0.15) is 18.1 Å². The Bertz CT molecular complexity index is 992. The first-order chi connectivity index (χ1) is 15.1. The number of carbonyl (C=O) groups is 3. The van der Waals surface area contributed by atoms with Gasteiger partial charge in [0.25, 0.3) is 17.7 Å². The van der Waals surface area contributed by atoms with Gasteiger partial charge in [0.15, 0.2) is 6.61 Å². The second-order valence-electron chi connectivity index (χ2n) is 6.29. The first-order valence-corrected chi connectivity index (χ1v) is 10.3. The zero-order valence-corrected chi connectivity index (χ0v) is 17.3. The van der Waals surface area contributed by atoms with E-state index in [-0.39, 0.29) is 19.1 Å². The van der Waals surface area contributed by atoms with E-state index in [1.807, 2.05) is 30.3 Å². The van der Waals surface area contributed by atoms with E-state index < -0.39 is 11.8 Å². The lowest BCUT2D eigenvalue weighted by molar-refractivity contribution is -0.129. The topological polar surface area (TPSA) is 106 Å². The largest absolute Gasteiger partial charge is 0.489 e. The SMILES string of the molecule is O=C(CNC(=O)c1cccs1)NNC(=O)COc1ccc(OCc2ccccc2)cc1. The van der Waals surface area contributed by atoms with E-state index >= 15 is 0 Å². The summed E-state index contributed by atoms with van der Waals surface area (Å²) >= 11 is 1.27. The Labute approximate surface area is 183 Å². The molecule has 0 aliphatic carbocycles. The second kappa shape index (κ2) is 11.4. The summed E-state index contributed by atoms with van der Waals surface area (Å²) in [7, 11) is 0. The van der Waals surface area contributed by atoms with Crippen LogP contribution in [0.5, 0.6) is 11.5 Å². The number of carbonyl (C=O) groups excluding carboxylic acids is 3. The Hall–Kier alpha value is -3.85. The maximum absolute atomic E-state index is 11.8. The van der Waals surface area contributed by atoms with E-state index in [2.05, 4.69) is 16.2 Å². The molecule has 3 rings (SSSR count). The van der Waals surface area contributed by atoms with Gasteiger partial charge in [-0.15, -0.1) is 11.3 Å². The standard InChI is InChI=1S/C22H21N3O5S/c26-20(13-23-22(28)19-7-4-12-31-19)24-25-21(27)15-30-18-10-8-17(9-11-18)29-14-16-5-2-1-3-6-16/h1-12H,13-15H2,(H,23,28)(H,24,26)(H,25,27). The van der Waals surface area contributed by atoms with E-state index in [0.29, 0.717) is 23.0 Å². The normalized spacial score (nSPS) is 10.1. The highest BCUT2D eigenvalue weighted by molar-refractivity contribution is 7.12. The fourth-order valence-electron chi connectivity index (χ4n) is 2.40. The maximum Gasteiger partial charge on any atom is 0.276 e. The van der Waals surface area contributed by atoms with Gasteiger partial charge in [-0.3, -0.25) is 25.2 Å². The van der Waals surface area contributed by atoms with Crippen LogP contribution in [0.15, 0.2) is 72.1 Å². The molecule has 0 aliphatic rings. The third-order valence-electron chi connectivity index (χ3n) is 3.94. The molecule has 0 saturated heterocycles.